The van der Waals surface area contributed by atoms with E-state index >= 15 is 0 Å². The summed E-state index contributed by atoms with van der Waals surface area (Å²) in [5.74, 6) is 0. The Labute approximate surface area is 102 Å². The fourth-order valence-electron chi connectivity index (χ4n) is 1.85. The van der Waals surface area contributed by atoms with E-state index in [4.69, 9.17) is 0 Å². The van der Waals surface area contributed by atoms with Gasteiger partial charge in [0.2, 0.25) is 0 Å². The van der Waals surface area contributed by atoms with E-state index in [1.54, 1.807) is 0 Å². The highest BCUT2D eigenvalue weighted by Gasteiger charge is 2.03. The molecule has 3 heteroatoms. The molecule has 1 aromatic heterocycles. The molecule has 3 nitrogen and oxygen atoms in total. The molecule has 0 saturated heterocycles. The molecule has 0 amide bonds. The van der Waals surface area contributed by atoms with Crippen molar-refractivity contribution in [1.82, 2.24) is 9.78 Å². The summed E-state index contributed by atoms with van der Waals surface area (Å²) in [6, 6.07) is 8.41. The highest BCUT2D eigenvalue weighted by Crippen LogP contribution is 2.12. The lowest BCUT2D eigenvalue weighted by molar-refractivity contribution is 0.653. The van der Waals surface area contributed by atoms with Crippen LogP contribution in [0.15, 0.2) is 30.5 Å². The number of nitrogens with one attached hydrogen (secondary N) is 1. The zero-order valence-corrected chi connectivity index (χ0v) is 10.7. The number of hydrogen-bond acceptors (Lipinski definition) is 2. The number of rotatable bonds is 4. The van der Waals surface area contributed by atoms with E-state index in [2.05, 4.69) is 61.6 Å². The molecular formula is C14H19N3. The van der Waals surface area contributed by atoms with E-state index in [0.29, 0.717) is 0 Å². The zero-order valence-electron chi connectivity index (χ0n) is 10.7. The van der Waals surface area contributed by atoms with Gasteiger partial charge in [-0.05, 0) is 38.5 Å². The van der Waals surface area contributed by atoms with E-state index in [9.17, 15) is 0 Å². The molecule has 0 atom stereocenters. The Morgan fingerprint density at radius 2 is 2.12 bits per heavy atom. The van der Waals surface area contributed by atoms with Crippen LogP contribution in [0, 0.1) is 13.8 Å². The topological polar surface area (TPSA) is 29.9 Å². The molecule has 17 heavy (non-hydrogen) atoms. The van der Waals surface area contributed by atoms with Gasteiger partial charge < -0.3 is 5.32 Å². The molecule has 0 aliphatic carbocycles. The number of benzene rings is 1. The number of aryl methyl sites for hydroxylation is 3. The van der Waals surface area contributed by atoms with Gasteiger partial charge in [-0.1, -0.05) is 12.1 Å². The second-order valence-electron chi connectivity index (χ2n) is 4.32. The maximum Gasteiger partial charge on any atom is 0.0643 e. The second kappa shape index (κ2) is 5.04. The van der Waals surface area contributed by atoms with Crippen LogP contribution in [0.5, 0.6) is 0 Å². The minimum absolute atomic E-state index is 0.829. The van der Waals surface area contributed by atoms with Gasteiger partial charge in [-0.25, -0.2) is 0 Å². The molecule has 0 fully saturated rings. The smallest absolute Gasteiger partial charge is 0.0643 e. The lowest BCUT2D eigenvalue weighted by Gasteiger charge is -2.06. The van der Waals surface area contributed by atoms with Crippen molar-refractivity contribution < 1.29 is 0 Å². The lowest BCUT2D eigenvalue weighted by atomic mass is 10.2. The van der Waals surface area contributed by atoms with Gasteiger partial charge in [-0.15, -0.1) is 0 Å². The fraction of sp³-hybridized carbons (Fsp3) is 0.357. The summed E-state index contributed by atoms with van der Waals surface area (Å²) >= 11 is 0. The Morgan fingerprint density at radius 3 is 2.76 bits per heavy atom. The summed E-state index contributed by atoms with van der Waals surface area (Å²) in [6.07, 6.45) is 2.11. The van der Waals surface area contributed by atoms with Crippen molar-refractivity contribution in [2.75, 3.05) is 5.32 Å². The highest BCUT2D eigenvalue weighted by atomic mass is 15.3. The Balaban J connectivity index is 2.04. The lowest BCUT2D eigenvalue weighted by Crippen LogP contribution is -1.99. The molecule has 1 heterocycles. The van der Waals surface area contributed by atoms with Crippen LogP contribution >= 0.6 is 0 Å². The van der Waals surface area contributed by atoms with Crippen molar-refractivity contribution in [3.8, 4) is 0 Å². The fourth-order valence-corrected chi connectivity index (χ4v) is 1.85. The third-order valence-corrected chi connectivity index (χ3v) is 2.87. The normalized spacial score (nSPS) is 10.5. The van der Waals surface area contributed by atoms with Crippen LogP contribution in [0.3, 0.4) is 0 Å². The molecule has 2 aromatic rings. The van der Waals surface area contributed by atoms with E-state index in [1.165, 1.54) is 11.1 Å². The summed E-state index contributed by atoms with van der Waals surface area (Å²) in [4.78, 5) is 0. The highest BCUT2D eigenvalue weighted by molar-refractivity contribution is 5.46. The van der Waals surface area contributed by atoms with Crippen LogP contribution in [0.1, 0.15) is 23.7 Å². The largest absolute Gasteiger partial charge is 0.381 e. The Morgan fingerprint density at radius 1 is 1.29 bits per heavy atom. The molecule has 2 rings (SSSR count). The van der Waals surface area contributed by atoms with E-state index < -0.39 is 0 Å². The molecular weight excluding hydrogens is 210 g/mol. The quantitative estimate of drug-likeness (QED) is 0.873. The maximum atomic E-state index is 4.44. The first kappa shape index (κ1) is 11.7. The van der Waals surface area contributed by atoms with Crippen molar-refractivity contribution in [2.45, 2.75) is 33.9 Å². The first-order valence-electron chi connectivity index (χ1n) is 6.02. The second-order valence-corrected chi connectivity index (χ2v) is 4.32. The summed E-state index contributed by atoms with van der Waals surface area (Å²) in [5.41, 5.74) is 4.80. The predicted molar refractivity (Wildman–Crippen MR) is 71.1 cm³/mol. The van der Waals surface area contributed by atoms with E-state index in [0.717, 1.165) is 24.5 Å². The van der Waals surface area contributed by atoms with Crippen molar-refractivity contribution >= 4 is 5.69 Å². The van der Waals surface area contributed by atoms with Gasteiger partial charge in [-0.3, -0.25) is 4.68 Å². The van der Waals surface area contributed by atoms with Crippen LogP contribution in [-0.4, -0.2) is 9.78 Å². The average Bonchev–Trinajstić information content (AvgIpc) is 2.68. The number of anilines is 1. The number of nitrogens with zero attached hydrogens (tertiary/aromatic N) is 2. The first-order chi connectivity index (χ1) is 8.19. The van der Waals surface area contributed by atoms with Crippen molar-refractivity contribution in [3.63, 3.8) is 0 Å². The SMILES string of the molecule is CCn1cc(CNc2cccc(C)c2)c(C)n1. The molecule has 0 bridgehead atoms. The monoisotopic (exact) mass is 229 g/mol. The van der Waals surface area contributed by atoms with E-state index in [1.807, 2.05) is 4.68 Å². The van der Waals surface area contributed by atoms with Crippen molar-refractivity contribution in [1.29, 1.82) is 0 Å². The standard InChI is InChI=1S/C14H19N3/c1-4-17-10-13(12(3)16-17)9-15-14-7-5-6-11(2)8-14/h5-8,10,15H,4,9H2,1-3H3. The minimum atomic E-state index is 0.829. The molecule has 0 radical (unpaired) electrons. The number of aromatic nitrogens is 2. The molecule has 0 saturated carbocycles. The van der Waals surface area contributed by atoms with Gasteiger partial charge in [0.25, 0.3) is 0 Å². The van der Waals surface area contributed by atoms with Crippen molar-refractivity contribution in [3.05, 3.63) is 47.3 Å². The summed E-state index contributed by atoms with van der Waals surface area (Å²) < 4.78 is 1.97. The summed E-state index contributed by atoms with van der Waals surface area (Å²) in [6.45, 7) is 8.01. The number of hydrogen-bond donors (Lipinski definition) is 1. The van der Waals surface area contributed by atoms with Crippen LogP contribution in [0.4, 0.5) is 5.69 Å². The van der Waals surface area contributed by atoms with Gasteiger partial charge in [0.15, 0.2) is 0 Å². The Hall–Kier alpha value is -1.77. The van der Waals surface area contributed by atoms with Crippen LogP contribution in [0.2, 0.25) is 0 Å². The molecule has 0 spiro atoms. The predicted octanol–water partition coefficient (Wildman–Crippen LogP) is 3.13. The van der Waals surface area contributed by atoms with Crippen LogP contribution < -0.4 is 5.32 Å². The summed E-state index contributed by atoms with van der Waals surface area (Å²) in [5, 5.41) is 7.86. The third kappa shape index (κ3) is 2.87. The minimum Gasteiger partial charge on any atom is -0.381 e. The maximum absolute atomic E-state index is 4.44. The average molecular weight is 229 g/mol. The van der Waals surface area contributed by atoms with Crippen LogP contribution in [0.25, 0.3) is 0 Å². The first-order valence-corrected chi connectivity index (χ1v) is 6.02. The van der Waals surface area contributed by atoms with E-state index in [-0.39, 0.29) is 0 Å². The molecule has 0 aliphatic rings. The zero-order chi connectivity index (χ0) is 12.3. The van der Waals surface area contributed by atoms with Gasteiger partial charge in [0, 0.05) is 30.5 Å². The van der Waals surface area contributed by atoms with Crippen LogP contribution in [-0.2, 0) is 13.1 Å². The van der Waals surface area contributed by atoms with Gasteiger partial charge >= 0.3 is 0 Å². The molecule has 90 valence electrons. The van der Waals surface area contributed by atoms with Gasteiger partial charge in [0.05, 0.1) is 5.69 Å². The Kier molecular flexibility index (Phi) is 3.47. The Bertz CT molecular complexity index is 500. The molecule has 0 aliphatic heterocycles. The summed E-state index contributed by atoms with van der Waals surface area (Å²) in [7, 11) is 0. The molecule has 1 N–H and O–H groups in total. The van der Waals surface area contributed by atoms with Gasteiger partial charge in [-0.2, -0.15) is 5.10 Å². The third-order valence-electron chi connectivity index (χ3n) is 2.87. The molecule has 1 aromatic carbocycles. The van der Waals surface area contributed by atoms with Crippen molar-refractivity contribution in [2.24, 2.45) is 0 Å². The van der Waals surface area contributed by atoms with Gasteiger partial charge in [0.1, 0.15) is 0 Å². The molecule has 0 unspecified atom stereocenters.